The summed E-state index contributed by atoms with van der Waals surface area (Å²) in [5.41, 5.74) is 0. The lowest BCUT2D eigenvalue weighted by Gasteiger charge is -2.32. The summed E-state index contributed by atoms with van der Waals surface area (Å²) in [4.78, 5) is 24.7. The van der Waals surface area contributed by atoms with Crippen molar-refractivity contribution in [3.05, 3.63) is 0 Å². The minimum absolute atomic E-state index is 0.0742. The van der Waals surface area contributed by atoms with E-state index < -0.39 is 5.97 Å². The van der Waals surface area contributed by atoms with Gasteiger partial charge in [-0.1, -0.05) is 13.8 Å². The van der Waals surface area contributed by atoms with Crippen molar-refractivity contribution in [2.75, 3.05) is 19.6 Å². The molecule has 0 bridgehead atoms. The molecule has 1 aliphatic rings. The van der Waals surface area contributed by atoms with Crippen molar-refractivity contribution in [3.63, 3.8) is 0 Å². The first-order valence-electron chi connectivity index (χ1n) is 7.62. The van der Waals surface area contributed by atoms with E-state index in [0.717, 1.165) is 32.4 Å². The zero-order chi connectivity index (χ0) is 15.1. The van der Waals surface area contributed by atoms with Crippen LogP contribution in [0.15, 0.2) is 0 Å². The Labute approximate surface area is 121 Å². The van der Waals surface area contributed by atoms with Crippen LogP contribution in [0.25, 0.3) is 0 Å². The Morgan fingerprint density at radius 2 is 2.05 bits per heavy atom. The van der Waals surface area contributed by atoms with Gasteiger partial charge in [0.25, 0.3) is 0 Å². The van der Waals surface area contributed by atoms with Gasteiger partial charge in [0.15, 0.2) is 0 Å². The zero-order valence-electron chi connectivity index (χ0n) is 12.9. The average Bonchev–Trinajstić information content (AvgIpc) is 2.36. The lowest BCUT2D eigenvalue weighted by atomic mass is 9.93. The second-order valence-corrected chi connectivity index (χ2v) is 6.28. The van der Waals surface area contributed by atoms with Crippen LogP contribution < -0.4 is 5.32 Å². The van der Waals surface area contributed by atoms with Gasteiger partial charge in [-0.05, 0) is 44.6 Å². The van der Waals surface area contributed by atoms with E-state index in [1.54, 1.807) is 0 Å². The first-order valence-corrected chi connectivity index (χ1v) is 7.62. The minimum atomic E-state index is -0.731. The van der Waals surface area contributed by atoms with Gasteiger partial charge in [0.05, 0.1) is 6.54 Å². The van der Waals surface area contributed by atoms with Crippen molar-refractivity contribution in [2.24, 2.45) is 11.8 Å². The Balaban J connectivity index is 2.32. The summed E-state index contributed by atoms with van der Waals surface area (Å²) in [5.74, 6) is 0.189. The molecule has 0 radical (unpaired) electrons. The van der Waals surface area contributed by atoms with Crippen molar-refractivity contribution in [2.45, 2.75) is 52.5 Å². The molecule has 1 aliphatic heterocycles. The monoisotopic (exact) mass is 284 g/mol. The molecule has 0 aromatic heterocycles. The summed E-state index contributed by atoms with van der Waals surface area (Å²) in [6, 6.07) is 0.190. The summed E-state index contributed by atoms with van der Waals surface area (Å²) in [7, 11) is 0. The standard InChI is InChI=1S/C15H28N2O3/c1-11(2)12(3)16-14(18)10-17-8-4-5-13(9-17)6-7-15(19)20/h11-13H,4-10H2,1-3H3,(H,16,18)(H,19,20). The van der Waals surface area contributed by atoms with Crippen LogP contribution in [0.3, 0.4) is 0 Å². The highest BCUT2D eigenvalue weighted by Gasteiger charge is 2.22. The van der Waals surface area contributed by atoms with Crippen molar-refractivity contribution in [1.29, 1.82) is 0 Å². The normalized spacial score (nSPS) is 21.7. The van der Waals surface area contributed by atoms with Gasteiger partial charge in [0, 0.05) is 19.0 Å². The van der Waals surface area contributed by atoms with Crippen LogP contribution in [0.5, 0.6) is 0 Å². The third-order valence-corrected chi connectivity index (χ3v) is 4.13. The number of nitrogens with zero attached hydrogens (tertiary/aromatic N) is 1. The van der Waals surface area contributed by atoms with Crippen molar-refractivity contribution < 1.29 is 14.7 Å². The molecule has 2 unspecified atom stereocenters. The van der Waals surface area contributed by atoms with Crippen LogP contribution >= 0.6 is 0 Å². The first-order chi connectivity index (χ1) is 9.38. The lowest BCUT2D eigenvalue weighted by Crippen LogP contribution is -2.45. The summed E-state index contributed by atoms with van der Waals surface area (Å²) >= 11 is 0. The number of carboxylic acids is 1. The van der Waals surface area contributed by atoms with Crippen molar-refractivity contribution in [1.82, 2.24) is 10.2 Å². The molecule has 1 saturated heterocycles. The molecule has 0 saturated carbocycles. The van der Waals surface area contributed by atoms with Crippen LogP contribution in [-0.2, 0) is 9.59 Å². The van der Waals surface area contributed by atoms with Crippen LogP contribution in [0.2, 0.25) is 0 Å². The van der Waals surface area contributed by atoms with E-state index in [9.17, 15) is 9.59 Å². The fourth-order valence-corrected chi connectivity index (χ4v) is 2.53. The molecular formula is C15H28N2O3. The average molecular weight is 284 g/mol. The van der Waals surface area contributed by atoms with Crippen LogP contribution in [0.1, 0.15) is 46.5 Å². The maximum absolute atomic E-state index is 12.0. The SMILES string of the molecule is CC(C)C(C)NC(=O)CN1CCCC(CCC(=O)O)C1. The van der Waals surface area contributed by atoms with Gasteiger partial charge in [0.1, 0.15) is 0 Å². The Morgan fingerprint density at radius 3 is 2.65 bits per heavy atom. The van der Waals surface area contributed by atoms with E-state index in [1.807, 2.05) is 6.92 Å². The van der Waals surface area contributed by atoms with E-state index in [0.29, 0.717) is 18.4 Å². The number of carboxylic acid groups (broad SMARTS) is 1. The number of carbonyl (C=O) groups excluding carboxylic acids is 1. The number of amides is 1. The molecule has 1 rings (SSSR count). The molecule has 2 atom stereocenters. The molecule has 0 aromatic carbocycles. The first kappa shape index (κ1) is 17.0. The topological polar surface area (TPSA) is 69.6 Å². The van der Waals surface area contributed by atoms with Gasteiger partial charge in [-0.2, -0.15) is 0 Å². The summed E-state index contributed by atoms with van der Waals surface area (Å²) in [6.07, 6.45) is 3.08. The molecule has 20 heavy (non-hydrogen) atoms. The second-order valence-electron chi connectivity index (χ2n) is 6.28. The minimum Gasteiger partial charge on any atom is -0.481 e. The molecule has 5 heteroatoms. The molecule has 0 aromatic rings. The van der Waals surface area contributed by atoms with Gasteiger partial charge in [-0.3, -0.25) is 14.5 Å². The van der Waals surface area contributed by atoms with E-state index in [2.05, 4.69) is 24.1 Å². The van der Waals surface area contributed by atoms with Crippen LogP contribution in [0.4, 0.5) is 0 Å². The number of piperidine rings is 1. The number of hydrogen-bond acceptors (Lipinski definition) is 3. The lowest BCUT2D eigenvalue weighted by molar-refractivity contribution is -0.137. The Kier molecular flexibility index (Phi) is 6.99. The predicted molar refractivity (Wildman–Crippen MR) is 78.5 cm³/mol. The molecule has 2 N–H and O–H groups in total. The molecular weight excluding hydrogens is 256 g/mol. The van der Waals surface area contributed by atoms with Crippen molar-refractivity contribution in [3.8, 4) is 0 Å². The Hall–Kier alpha value is -1.10. The maximum atomic E-state index is 12.0. The third kappa shape index (κ3) is 6.37. The van der Waals surface area contributed by atoms with Gasteiger partial charge >= 0.3 is 5.97 Å². The quantitative estimate of drug-likeness (QED) is 0.747. The predicted octanol–water partition coefficient (Wildman–Crippen LogP) is 1.72. The Bertz CT molecular complexity index is 331. The highest BCUT2D eigenvalue weighted by Crippen LogP contribution is 2.20. The fourth-order valence-electron chi connectivity index (χ4n) is 2.53. The third-order valence-electron chi connectivity index (χ3n) is 4.13. The molecule has 1 fully saturated rings. The molecule has 0 aliphatic carbocycles. The van der Waals surface area contributed by atoms with Crippen LogP contribution in [0, 0.1) is 11.8 Å². The largest absolute Gasteiger partial charge is 0.481 e. The number of aliphatic carboxylic acids is 1. The van der Waals surface area contributed by atoms with E-state index in [1.165, 1.54) is 0 Å². The van der Waals surface area contributed by atoms with Gasteiger partial charge in [-0.25, -0.2) is 0 Å². The number of nitrogens with one attached hydrogen (secondary N) is 1. The van der Waals surface area contributed by atoms with Crippen LogP contribution in [-0.4, -0.2) is 47.6 Å². The number of rotatable bonds is 7. The number of likely N-dealkylation sites (tertiary alicyclic amines) is 1. The fraction of sp³-hybridized carbons (Fsp3) is 0.867. The Morgan fingerprint density at radius 1 is 1.35 bits per heavy atom. The van der Waals surface area contributed by atoms with E-state index >= 15 is 0 Å². The number of carbonyl (C=O) groups is 2. The summed E-state index contributed by atoms with van der Waals surface area (Å²) in [5, 5.41) is 11.7. The molecule has 116 valence electrons. The molecule has 1 heterocycles. The van der Waals surface area contributed by atoms with Crippen molar-refractivity contribution >= 4 is 11.9 Å². The highest BCUT2D eigenvalue weighted by molar-refractivity contribution is 5.78. The highest BCUT2D eigenvalue weighted by atomic mass is 16.4. The van der Waals surface area contributed by atoms with Gasteiger partial charge in [-0.15, -0.1) is 0 Å². The zero-order valence-corrected chi connectivity index (χ0v) is 12.9. The number of hydrogen-bond donors (Lipinski definition) is 2. The van der Waals surface area contributed by atoms with E-state index in [-0.39, 0.29) is 18.4 Å². The summed E-state index contributed by atoms with van der Waals surface area (Å²) < 4.78 is 0. The molecule has 0 spiro atoms. The van der Waals surface area contributed by atoms with E-state index in [4.69, 9.17) is 5.11 Å². The maximum Gasteiger partial charge on any atom is 0.303 e. The summed E-state index contributed by atoms with van der Waals surface area (Å²) in [6.45, 7) is 8.42. The molecule has 5 nitrogen and oxygen atoms in total. The van der Waals surface area contributed by atoms with Gasteiger partial charge < -0.3 is 10.4 Å². The molecule has 1 amide bonds. The second kappa shape index (κ2) is 8.25. The van der Waals surface area contributed by atoms with Gasteiger partial charge in [0.2, 0.25) is 5.91 Å². The smallest absolute Gasteiger partial charge is 0.303 e.